The number of ether oxygens (including phenoxy) is 1. The Morgan fingerprint density at radius 1 is 1.63 bits per heavy atom. The lowest BCUT2D eigenvalue weighted by molar-refractivity contribution is -0.150. The van der Waals surface area contributed by atoms with Crippen molar-refractivity contribution in [2.75, 3.05) is 20.3 Å². The summed E-state index contributed by atoms with van der Waals surface area (Å²) < 4.78 is 35.6. The molecular weight excluding hydrogens is 274 g/mol. The molecular formula is C11H15NO6S. The fourth-order valence-corrected chi connectivity index (χ4v) is 4.10. The molecule has 1 fully saturated rings. The number of furan rings is 1. The molecule has 1 aromatic rings. The van der Waals surface area contributed by atoms with Gasteiger partial charge in [-0.15, -0.1) is 0 Å². The van der Waals surface area contributed by atoms with Crippen LogP contribution in [0.2, 0.25) is 0 Å². The molecule has 0 bridgehead atoms. The van der Waals surface area contributed by atoms with E-state index >= 15 is 0 Å². The highest BCUT2D eigenvalue weighted by Crippen LogP contribution is 2.35. The molecule has 7 nitrogen and oxygen atoms in total. The minimum absolute atomic E-state index is 0.0453. The van der Waals surface area contributed by atoms with Crippen molar-refractivity contribution in [3.8, 4) is 0 Å². The van der Waals surface area contributed by atoms with E-state index in [-0.39, 0.29) is 24.5 Å². The lowest BCUT2D eigenvalue weighted by atomic mass is 9.99. The van der Waals surface area contributed by atoms with E-state index in [1.54, 1.807) is 0 Å². The SMILES string of the molecule is COCC1(C(=O)O)CCCN1S(=O)(=O)c1ccoc1. The van der Waals surface area contributed by atoms with Crippen molar-refractivity contribution >= 4 is 16.0 Å². The fourth-order valence-electron chi connectivity index (χ4n) is 2.39. The molecule has 0 aliphatic carbocycles. The van der Waals surface area contributed by atoms with Gasteiger partial charge in [-0.25, -0.2) is 8.42 Å². The van der Waals surface area contributed by atoms with E-state index < -0.39 is 21.5 Å². The Kier molecular flexibility index (Phi) is 3.66. The molecule has 1 aromatic heterocycles. The highest BCUT2D eigenvalue weighted by atomic mass is 32.2. The van der Waals surface area contributed by atoms with Gasteiger partial charge in [0.05, 0.1) is 12.9 Å². The Morgan fingerprint density at radius 3 is 2.89 bits per heavy atom. The molecule has 2 heterocycles. The number of hydrogen-bond donors (Lipinski definition) is 1. The normalized spacial score (nSPS) is 24.7. The van der Waals surface area contributed by atoms with Crippen LogP contribution in [0.1, 0.15) is 12.8 Å². The van der Waals surface area contributed by atoms with Gasteiger partial charge < -0.3 is 14.3 Å². The van der Waals surface area contributed by atoms with E-state index in [4.69, 9.17) is 9.15 Å². The standard InChI is InChI=1S/C11H15NO6S/c1-17-8-11(10(13)14)4-2-5-12(11)19(15,16)9-3-6-18-7-9/h3,6-7H,2,4-5,8H2,1H3,(H,13,14). The Hall–Kier alpha value is -1.38. The zero-order valence-corrected chi connectivity index (χ0v) is 11.2. The van der Waals surface area contributed by atoms with E-state index in [0.717, 1.165) is 10.6 Å². The zero-order chi connectivity index (χ0) is 14.1. The van der Waals surface area contributed by atoms with Crippen LogP contribution in [0, 0.1) is 0 Å². The minimum atomic E-state index is -3.89. The third kappa shape index (κ3) is 2.15. The summed E-state index contributed by atoms with van der Waals surface area (Å²) >= 11 is 0. The predicted octanol–water partition coefficient (Wildman–Crippen LogP) is 0.534. The molecule has 0 saturated carbocycles. The maximum Gasteiger partial charge on any atom is 0.327 e. The number of carbonyl (C=O) groups is 1. The van der Waals surface area contributed by atoms with E-state index in [9.17, 15) is 18.3 Å². The van der Waals surface area contributed by atoms with Crippen molar-refractivity contribution in [2.24, 2.45) is 0 Å². The number of rotatable bonds is 5. The molecule has 8 heteroatoms. The third-order valence-corrected chi connectivity index (χ3v) is 5.23. The van der Waals surface area contributed by atoms with Gasteiger partial charge in [-0.05, 0) is 18.9 Å². The molecule has 0 aromatic carbocycles. The van der Waals surface area contributed by atoms with Gasteiger partial charge in [0.15, 0.2) is 5.54 Å². The molecule has 1 N–H and O–H groups in total. The van der Waals surface area contributed by atoms with Crippen molar-refractivity contribution in [1.82, 2.24) is 4.31 Å². The number of nitrogens with zero attached hydrogens (tertiary/aromatic N) is 1. The van der Waals surface area contributed by atoms with Crippen molar-refractivity contribution in [2.45, 2.75) is 23.3 Å². The second kappa shape index (κ2) is 4.95. The smallest absolute Gasteiger partial charge is 0.327 e. The zero-order valence-electron chi connectivity index (χ0n) is 10.4. The van der Waals surface area contributed by atoms with E-state index in [2.05, 4.69) is 0 Å². The first-order chi connectivity index (χ1) is 8.95. The van der Waals surface area contributed by atoms with Crippen LogP contribution in [0.15, 0.2) is 27.9 Å². The maximum atomic E-state index is 12.4. The summed E-state index contributed by atoms with van der Waals surface area (Å²) in [6.45, 7) is -0.0252. The summed E-state index contributed by atoms with van der Waals surface area (Å²) in [5.74, 6) is -1.20. The van der Waals surface area contributed by atoms with Gasteiger partial charge in [0.1, 0.15) is 11.2 Å². The Labute approximate surface area is 110 Å². The van der Waals surface area contributed by atoms with Gasteiger partial charge >= 0.3 is 5.97 Å². The highest BCUT2D eigenvalue weighted by Gasteiger charge is 2.53. The minimum Gasteiger partial charge on any atom is -0.480 e. The molecule has 0 amide bonds. The van der Waals surface area contributed by atoms with Crippen LogP contribution in [0.3, 0.4) is 0 Å². The second-order valence-electron chi connectivity index (χ2n) is 4.41. The molecule has 1 aliphatic heterocycles. The summed E-state index contributed by atoms with van der Waals surface area (Å²) in [5.41, 5.74) is -1.54. The molecule has 1 unspecified atom stereocenters. The topological polar surface area (TPSA) is 97.0 Å². The summed E-state index contributed by atoms with van der Waals surface area (Å²) in [7, 11) is -2.54. The molecule has 1 aliphatic rings. The average Bonchev–Trinajstić information content (AvgIpc) is 2.99. The maximum absolute atomic E-state index is 12.4. The summed E-state index contributed by atoms with van der Waals surface area (Å²) in [5, 5.41) is 9.42. The van der Waals surface area contributed by atoms with Crippen LogP contribution >= 0.6 is 0 Å². The van der Waals surface area contributed by atoms with Crippen LogP contribution in [0.4, 0.5) is 0 Å². The van der Waals surface area contributed by atoms with Crippen molar-refractivity contribution in [1.29, 1.82) is 0 Å². The lowest BCUT2D eigenvalue weighted by Crippen LogP contribution is -2.55. The fraction of sp³-hybridized carbons (Fsp3) is 0.545. The average molecular weight is 289 g/mol. The number of sulfonamides is 1. The summed E-state index contributed by atoms with van der Waals surface area (Å²) in [6, 6.07) is 1.30. The van der Waals surface area contributed by atoms with Crippen LogP contribution in [0.5, 0.6) is 0 Å². The Balaban J connectivity index is 2.46. The molecule has 0 radical (unpaired) electrons. The third-order valence-electron chi connectivity index (χ3n) is 3.29. The van der Waals surface area contributed by atoms with Gasteiger partial charge in [-0.2, -0.15) is 4.31 Å². The van der Waals surface area contributed by atoms with Crippen molar-refractivity contribution < 1.29 is 27.5 Å². The van der Waals surface area contributed by atoms with Crippen molar-refractivity contribution in [3.63, 3.8) is 0 Å². The first-order valence-electron chi connectivity index (χ1n) is 5.72. The molecule has 106 valence electrons. The molecule has 1 saturated heterocycles. The van der Waals surface area contributed by atoms with E-state index in [1.807, 2.05) is 0 Å². The van der Waals surface area contributed by atoms with Crippen LogP contribution in [0.25, 0.3) is 0 Å². The summed E-state index contributed by atoms with van der Waals surface area (Å²) in [6.07, 6.45) is 3.04. The predicted molar refractivity (Wildman–Crippen MR) is 64.1 cm³/mol. The first-order valence-corrected chi connectivity index (χ1v) is 7.16. The Bertz CT molecular complexity index is 552. The molecule has 19 heavy (non-hydrogen) atoms. The van der Waals surface area contributed by atoms with Gasteiger partial charge in [-0.1, -0.05) is 0 Å². The van der Waals surface area contributed by atoms with E-state index in [1.165, 1.54) is 19.4 Å². The van der Waals surface area contributed by atoms with Crippen LogP contribution < -0.4 is 0 Å². The van der Waals surface area contributed by atoms with Crippen LogP contribution in [-0.4, -0.2) is 49.6 Å². The highest BCUT2D eigenvalue weighted by molar-refractivity contribution is 7.89. The largest absolute Gasteiger partial charge is 0.480 e. The van der Waals surface area contributed by atoms with Gasteiger partial charge in [0.2, 0.25) is 10.0 Å². The quantitative estimate of drug-likeness (QED) is 0.849. The first kappa shape index (κ1) is 14.0. The number of aliphatic carboxylic acids is 1. The number of methoxy groups -OCH3 is 1. The number of carboxylic acids is 1. The molecule has 0 spiro atoms. The van der Waals surface area contributed by atoms with Gasteiger partial charge in [0.25, 0.3) is 0 Å². The van der Waals surface area contributed by atoms with Crippen molar-refractivity contribution in [3.05, 3.63) is 18.6 Å². The Morgan fingerprint density at radius 2 is 2.37 bits per heavy atom. The molecule has 2 rings (SSSR count). The molecule has 1 atom stereocenters. The van der Waals surface area contributed by atoms with Crippen LogP contribution in [-0.2, 0) is 19.6 Å². The van der Waals surface area contributed by atoms with Gasteiger partial charge in [0, 0.05) is 13.7 Å². The second-order valence-corrected chi connectivity index (χ2v) is 6.27. The lowest BCUT2D eigenvalue weighted by Gasteiger charge is -2.32. The van der Waals surface area contributed by atoms with E-state index in [0.29, 0.717) is 6.42 Å². The number of carboxylic acid groups (broad SMARTS) is 1. The number of hydrogen-bond acceptors (Lipinski definition) is 5. The summed E-state index contributed by atoms with van der Waals surface area (Å²) in [4.78, 5) is 11.5. The monoisotopic (exact) mass is 289 g/mol. The van der Waals surface area contributed by atoms with Gasteiger partial charge in [-0.3, -0.25) is 4.79 Å².